The molecule has 25 heavy (non-hydrogen) atoms. The summed E-state index contributed by atoms with van der Waals surface area (Å²) in [4.78, 5) is 28.7. The van der Waals surface area contributed by atoms with Gasteiger partial charge in [0.1, 0.15) is 0 Å². The molecule has 0 fully saturated rings. The van der Waals surface area contributed by atoms with Crippen molar-refractivity contribution in [3.05, 3.63) is 74.4 Å². The SMILES string of the molecule is NS(=O)(=O)c1ccc(-c2c(-c3ccc(Cl)cc3)[nH]c(=O)[nH]c2=O)cc1. The first-order valence-electron chi connectivity index (χ1n) is 7.01. The van der Waals surface area contributed by atoms with Crippen molar-refractivity contribution in [2.45, 2.75) is 4.90 Å². The van der Waals surface area contributed by atoms with Crippen LogP contribution < -0.4 is 16.4 Å². The Kier molecular flexibility index (Phi) is 4.34. The summed E-state index contributed by atoms with van der Waals surface area (Å²) in [6.07, 6.45) is 0. The van der Waals surface area contributed by atoms with Gasteiger partial charge < -0.3 is 4.98 Å². The molecule has 9 heteroatoms. The first-order chi connectivity index (χ1) is 11.8. The van der Waals surface area contributed by atoms with Gasteiger partial charge in [0.05, 0.1) is 16.2 Å². The van der Waals surface area contributed by atoms with Crippen LogP contribution in [0.5, 0.6) is 0 Å². The summed E-state index contributed by atoms with van der Waals surface area (Å²) < 4.78 is 22.7. The molecule has 3 rings (SSSR count). The Morgan fingerprint density at radius 2 is 1.40 bits per heavy atom. The summed E-state index contributed by atoms with van der Waals surface area (Å²) in [5.41, 5.74) is 0.251. The smallest absolute Gasteiger partial charge is 0.306 e. The van der Waals surface area contributed by atoms with Gasteiger partial charge >= 0.3 is 5.69 Å². The monoisotopic (exact) mass is 377 g/mol. The van der Waals surface area contributed by atoms with Gasteiger partial charge in [-0.2, -0.15) is 0 Å². The Hall–Kier alpha value is -2.68. The predicted octanol–water partition coefficient (Wildman–Crippen LogP) is 1.70. The van der Waals surface area contributed by atoms with Crippen LogP contribution in [0.25, 0.3) is 22.4 Å². The van der Waals surface area contributed by atoms with E-state index < -0.39 is 21.3 Å². The molecule has 0 atom stereocenters. The van der Waals surface area contributed by atoms with Crippen LogP contribution in [0.4, 0.5) is 0 Å². The molecule has 1 aromatic heterocycles. The Balaban J connectivity index is 2.24. The second kappa shape index (κ2) is 6.32. The number of hydrogen-bond acceptors (Lipinski definition) is 4. The lowest BCUT2D eigenvalue weighted by Crippen LogP contribution is -2.24. The molecule has 0 spiro atoms. The summed E-state index contributed by atoms with van der Waals surface area (Å²) >= 11 is 5.87. The number of primary sulfonamides is 1. The summed E-state index contributed by atoms with van der Waals surface area (Å²) in [5.74, 6) is 0. The van der Waals surface area contributed by atoms with Gasteiger partial charge in [0.15, 0.2) is 0 Å². The number of aromatic nitrogens is 2. The van der Waals surface area contributed by atoms with Gasteiger partial charge in [0.25, 0.3) is 5.56 Å². The molecule has 0 bridgehead atoms. The number of sulfonamides is 1. The van der Waals surface area contributed by atoms with E-state index in [1.807, 2.05) is 0 Å². The van der Waals surface area contributed by atoms with Crippen molar-refractivity contribution >= 4 is 21.6 Å². The van der Waals surface area contributed by atoms with Gasteiger partial charge in [-0.15, -0.1) is 0 Å². The number of nitrogens with one attached hydrogen (secondary N) is 2. The molecule has 3 aromatic rings. The normalized spacial score (nSPS) is 11.4. The lowest BCUT2D eigenvalue weighted by molar-refractivity contribution is 0.598. The fraction of sp³-hybridized carbons (Fsp3) is 0. The molecule has 2 aromatic carbocycles. The summed E-state index contributed by atoms with van der Waals surface area (Å²) in [6.45, 7) is 0. The van der Waals surface area contributed by atoms with E-state index in [0.29, 0.717) is 21.8 Å². The number of benzene rings is 2. The zero-order valence-electron chi connectivity index (χ0n) is 12.6. The Labute approximate surface area is 147 Å². The maximum Gasteiger partial charge on any atom is 0.326 e. The third-order valence-electron chi connectivity index (χ3n) is 3.55. The van der Waals surface area contributed by atoms with E-state index in [2.05, 4.69) is 9.97 Å². The highest BCUT2D eigenvalue weighted by atomic mass is 35.5. The minimum atomic E-state index is -3.84. The molecule has 0 unspecified atom stereocenters. The molecule has 1 heterocycles. The average molecular weight is 378 g/mol. The van der Waals surface area contributed by atoms with Gasteiger partial charge in [0.2, 0.25) is 10.0 Å². The fourth-order valence-electron chi connectivity index (χ4n) is 2.41. The highest BCUT2D eigenvalue weighted by molar-refractivity contribution is 7.89. The minimum absolute atomic E-state index is 0.0786. The van der Waals surface area contributed by atoms with E-state index in [1.54, 1.807) is 24.3 Å². The summed E-state index contributed by atoms with van der Waals surface area (Å²) in [5, 5.41) is 5.58. The van der Waals surface area contributed by atoms with Crippen LogP contribution in [0.15, 0.2) is 63.0 Å². The average Bonchev–Trinajstić information content (AvgIpc) is 2.54. The molecule has 4 N–H and O–H groups in total. The minimum Gasteiger partial charge on any atom is -0.306 e. The van der Waals surface area contributed by atoms with Crippen LogP contribution in [0, 0.1) is 0 Å². The molecule has 0 aliphatic carbocycles. The molecular weight excluding hydrogens is 366 g/mol. The molecule has 0 amide bonds. The number of aromatic amines is 2. The summed E-state index contributed by atoms with van der Waals surface area (Å²) in [6, 6.07) is 12.1. The Morgan fingerprint density at radius 3 is 1.96 bits per heavy atom. The van der Waals surface area contributed by atoms with Crippen molar-refractivity contribution in [1.29, 1.82) is 0 Å². The predicted molar refractivity (Wildman–Crippen MR) is 94.9 cm³/mol. The van der Waals surface area contributed by atoms with Crippen molar-refractivity contribution in [3.8, 4) is 22.4 Å². The van der Waals surface area contributed by atoms with E-state index in [4.69, 9.17) is 16.7 Å². The largest absolute Gasteiger partial charge is 0.326 e. The number of nitrogens with two attached hydrogens (primary N) is 1. The second-order valence-electron chi connectivity index (χ2n) is 5.23. The van der Waals surface area contributed by atoms with Gasteiger partial charge in [0, 0.05) is 5.02 Å². The van der Waals surface area contributed by atoms with Crippen LogP contribution >= 0.6 is 11.6 Å². The standard InChI is InChI=1S/C16H12ClN3O4S/c17-11-5-1-10(2-6-11)14-13(15(21)20-16(22)19-14)9-3-7-12(8-4-9)25(18,23)24/h1-8H,(H2,18,23,24)(H2,19,20,21,22). The van der Waals surface area contributed by atoms with Crippen LogP contribution in [-0.2, 0) is 10.0 Å². The lowest BCUT2D eigenvalue weighted by Gasteiger charge is -2.09. The highest BCUT2D eigenvalue weighted by Gasteiger charge is 2.15. The first kappa shape index (κ1) is 17.2. The maximum atomic E-state index is 12.3. The van der Waals surface area contributed by atoms with Crippen LogP contribution in [0.3, 0.4) is 0 Å². The van der Waals surface area contributed by atoms with Crippen molar-refractivity contribution in [3.63, 3.8) is 0 Å². The van der Waals surface area contributed by atoms with Gasteiger partial charge in [-0.25, -0.2) is 18.4 Å². The zero-order valence-corrected chi connectivity index (χ0v) is 14.2. The van der Waals surface area contributed by atoms with E-state index >= 15 is 0 Å². The zero-order chi connectivity index (χ0) is 18.2. The number of rotatable bonds is 3. The quantitative estimate of drug-likeness (QED) is 0.642. The van der Waals surface area contributed by atoms with Crippen LogP contribution in [-0.4, -0.2) is 18.4 Å². The van der Waals surface area contributed by atoms with Gasteiger partial charge in [-0.1, -0.05) is 35.9 Å². The van der Waals surface area contributed by atoms with Crippen molar-refractivity contribution < 1.29 is 8.42 Å². The topological polar surface area (TPSA) is 126 Å². The summed E-state index contributed by atoms with van der Waals surface area (Å²) in [7, 11) is -3.84. The number of hydrogen-bond donors (Lipinski definition) is 3. The third-order valence-corrected chi connectivity index (χ3v) is 4.73. The Bertz CT molecular complexity index is 1150. The second-order valence-corrected chi connectivity index (χ2v) is 7.23. The fourth-order valence-corrected chi connectivity index (χ4v) is 3.05. The van der Waals surface area contributed by atoms with Crippen molar-refractivity contribution in [2.24, 2.45) is 5.14 Å². The molecule has 0 aliphatic rings. The van der Waals surface area contributed by atoms with Crippen molar-refractivity contribution in [1.82, 2.24) is 9.97 Å². The molecular formula is C16H12ClN3O4S. The van der Waals surface area contributed by atoms with Crippen LogP contribution in [0.2, 0.25) is 5.02 Å². The Morgan fingerprint density at radius 1 is 0.840 bits per heavy atom. The molecule has 0 radical (unpaired) electrons. The molecule has 0 aliphatic heterocycles. The number of halogens is 1. The van der Waals surface area contributed by atoms with Gasteiger partial charge in [-0.3, -0.25) is 9.78 Å². The first-order valence-corrected chi connectivity index (χ1v) is 8.94. The lowest BCUT2D eigenvalue weighted by atomic mass is 10.0. The van der Waals surface area contributed by atoms with E-state index in [-0.39, 0.29) is 10.5 Å². The highest BCUT2D eigenvalue weighted by Crippen LogP contribution is 2.28. The van der Waals surface area contributed by atoms with E-state index in [9.17, 15) is 18.0 Å². The van der Waals surface area contributed by atoms with Crippen molar-refractivity contribution in [2.75, 3.05) is 0 Å². The number of H-pyrrole nitrogens is 2. The van der Waals surface area contributed by atoms with Gasteiger partial charge in [-0.05, 0) is 35.4 Å². The maximum absolute atomic E-state index is 12.3. The molecule has 0 saturated heterocycles. The third kappa shape index (κ3) is 3.55. The van der Waals surface area contributed by atoms with Crippen LogP contribution in [0.1, 0.15) is 0 Å². The molecule has 7 nitrogen and oxygen atoms in total. The van der Waals surface area contributed by atoms with E-state index in [0.717, 1.165) is 0 Å². The molecule has 128 valence electrons. The van der Waals surface area contributed by atoms with E-state index in [1.165, 1.54) is 24.3 Å². The molecule has 0 saturated carbocycles.